The maximum atomic E-state index is 11.3. The molecule has 1 atom stereocenters. The molecule has 0 fully saturated rings. The Bertz CT molecular complexity index is 457. The lowest BCUT2D eigenvalue weighted by atomic mass is 10.2. The van der Waals surface area contributed by atoms with E-state index in [1.54, 1.807) is 0 Å². The molecule has 10 nitrogen and oxygen atoms in total. The van der Waals surface area contributed by atoms with Gasteiger partial charge in [-0.1, -0.05) is 0 Å². The molecule has 11 heteroatoms. The largest absolute Gasteiger partial charge is 0.481 e. The molecule has 0 aromatic carbocycles. The second-order valence-corrected chi connectivity index (χ2v) is 5.11. The molecule has 0 aliphatic heterocycles. The predicted molar refractivity (Wildman–Crippen MR) is 60.5 cm³/mol. The van der Waals surface area contributed by atoms with Gasteiger partial charge in [0, 0.05) is 0 Å². The minimum Gasteiger partial charge on any atom is -0.481 e. The number of carbonyl (C=O) groups excluding carboxylic acids is 1. The molecule has 0 bridgehead atoms. The van der Waals surface area contributed by atoms with E-state index in [2.05, 4.69) is 4.74 Å². The molecule has 0 saturated carbocycles. The Hall–Kier alpha value is -1.88. The molecule has 0 aromatic rings. The second-order valence-electron chi connectivity index (χ2n) is 3.67. The van der Waals surface area contributed by atoms with Crippen LogP contribution in [0.25, 0.3) is 0 Å². The predicted octanol–water partition coefficient (Wildman–Crippen LogP) is -1.12. The summed E-state index contributed by atoms with van der Waals surface area (Å²) in [6.45, 7) is 2.95. The van der Waals surface area contributed by atoms with Crippen molar-refractivity contribution in [2.24, 2.45) is 0 Å². The van der Waals surface area contributed by atoms with Crippen molar-refractivity contribution in [3.05, 3.63) is 0 Å². The van der Waals surface area contributed by atoms with Gasteiger partial charge in [0.15, 0.2) is 0 Å². The maximum Gasteiger partial charge on any atom is 0.422 e. The van der Waals surface area contributed by atoms with Crippen LogP contribution in [0.1, 0.15) is 20.3 Å². The van der Waals surface area contributed by atoms with Gasteiger partial charge in [-0.25, -0.2) is 9.52 Å². The molecule has 4 N–H and O–H groups in total. The Labute approximate surface area is 108 Å². The number of hydrogen-bond donors (Lipinski definition) is 4. The van der Waals surface area contributed by atoms with Crippen molar-refractivity contribution >= 4 is 28.2 Å². The van der Waals surface area contributed by atoms with Crippen molar-refractivity contribution in [1.29, 1.82) is 0 Å². The number of rotatable bonds is 7. The van der Waals surface area contributed by atoms with E-state index in [0.29, 0.717) is 0 Å². The molecule has 19 heavy (non-hydrogen) atoms. The van der Waals surface area contributed by atoms with Crippen molar-refractivity contribution in [2.45, 2.75) is 32.4 Å². The Balaban J connectivity index is 4.68. The summed E-state index contributed by atoms with van der Waals surface area (Å²) in [6, 6.07) is -1.90. The first-order chi connectivity index (χ1) is 8.53. The summed E-state index contributed by atoms with van der Waals surface area (Å²) < 4.78 is 30.1. The first-order valence-corrected chi connectivity index (χ1v) is 6.47. The zero-order chi connectivity index (χ0) is 15.2. The lowest BCUT2D eigenvalue weighted by Crippen LogP contribution is -2.49. The summed E-state index contributed by atoms with van der Waals surface area (Å²) in [6.07, 6.45) is -2.86. The van der Waals surface area contributed by atoms with Gasteiger partial charge in [-0.05, 0) is 13.8 Å². The number of carbonyl (C=O) groups is 3. The molecule has 1 amide bonds. The van der Waals surface area contributed by atoms with Gasteiger partial charge >= 0.3 is 28.2 Å². The minimum absolute atomic E-state index is 0.579. The van der Waals surface area contributed by atoms with Crippen LogP contribution in [0.4, 0.5) is 4.79 Å². The maximum absolute atomic E-state index is 11.3. The highest BCUT2D eigenvalue weighted by molar-refractivity contribution is 7.88. The Morgan fingerprint density at radius 2 is 1.74 bits per heavy atom. The van der Waals surface area contributed by atoms with Crippen molar-refractivity contribution in [2.75, 3.05) is 0 Å². The summed E-state index contributed by atoms with van der Waals surface area (Å²) >= 11 is 0. The van der Waals surface area contributed by atoms with Crippen molar-refractivity contribution < 1.29 is 37.8 Å². The van der Waals surface area contributed by atoms with Crippen LogP contribution in [-0.4, -0.2) is 48.8 Å². The standard InChI is InChI=1S/C8H14N2O8S/c1-4(2)18-8(15)10-19(16,17)9-5(7(13)14)3-6(11)12/h4-5,9H,3H2,1-2H3,(H,10,15)(H,11,12)(H,13,14)/t5-/m1/s1. The van der Waals surface area contributed by atoms with Crippen LogP contribution in [0.15, 0.2) is 0 Å². The molecule has 0 rings (SSSR count). The highest BCUT2D eigenvalue weighted by Crippen LogP contribution is 1.96. The van der Waals surface area contributed by atoms with E-state index in [-0.39, 0.29) is 0 Å². The molecule has 0 saturated heterocycles. The monoisotopic (exact) mass is 298 g/mol. The number of carboxylic acid groups (broad SMARTS) is 2. The number of ether oxygens (including phenoxy) is 1. The zero-order valence-corrected chi connectivity index (χ0v) is 10.9. The summed E-state index contributed by atoms with van der Waals surface area (Å²) in [7, 11) is -4.53. The summed E-state index contributed by atoms with van der Waals surface area (Å²) in [5.74, 6) is -3.20. The third kappa shape index (κ3) is 7.94. The van der Waals surface area contributed by atoms with Gasteiger partial charge in [0.05, 0.1) is 12.5 Å². The Morgan fingerprint density at radius 3 is 2.11 bits per heavy atom. The molecule has 0 spiro atoms. The van der Waals surface area contributed by atoms with Crippen molar-refractivity contribution in [3.63, 3.8) is 0 Å². The lowest BCUT2D eigenvalue weighted by molar-refractivity contribution is -0.145. The number of nitrogens with one attached hydrogen (secondary N) is 2. The highest BCUT2D eigenvalue weighted by atomic mass is 32.2. The van der Waals surface area contributed by atoms with Gasteiger partial charge in [-0.15, -0.1) is 0 Å². The molecule has 0 aromatic heterocycles. The van der Waals surface area contributed by atoms with E-state index in [9.17, 15) is 22.8 Å². The second kappa shape index (κ2) is 6.89. The molecular weight excluding hydrogens is 284 g/mol. The van der Waals surface area contributed by atoms with E-state index < -0.39 is 46.8 Å². The van der Waals surface area contributed by atoms with E-state index in [4.69, 9.17) is 10.2 Å². The third-order valence-corrected chi connectivity index (χ3v) is 2.56. The molecule has 110 valence electrons. The fraction of sp³-hybridized carbons (Fsp3) is 0.625. The highest BCUT2D eigenvalue weighted by Gasteiger charge is 2.27. The quantitative estimate of drug-likeness (QED) is 0.460. The van der Waals surface area contributed by atoms with Crippen LogP contribution in [-0.2, 0) is 24.5 Å². The Kier molecular flexibility index (Phi) is 6.21. The molecule has 0 radical (unpaired) electrons. The first kappa shape index (κ1) is 17.1. The van der Waals surface area contributed by atoms with Crippen LogP contribution in [0.3, 0.4) is 0 Å². The molecule has 0 unspecified atom stereocenters. The summed E-state index contributed by atoms with van der Waals surface area (Å²) in [5.41, 5.74) is 0. The van der Waals surface area contributed by atoms with E-state index in [0.717, 1.165) is 0 Å². The van der Waals surface area contributed by atoms with Gasteiger partial charge in [0.1, 0.15) is 6.04 Å². The van der Waals surface area contributed by atoms with Crippen molar-refractivity contribution in [1.82, 2.24) is 9.44 Å². The third-order valence-electron chi connectivity index (χ3n) is 1.53. The smallest absolute Gasteiger partial charge is 0.422 e. The van der Waals surface area contributed by atoms with Gasteiger partial charge in [0.2, 0.25) is 0 Å². The minimum atomic E-state index is -4.53. The molecule has 0 heterocycles. The van der Waals surface area contributed by atoms with E-state index in [1.807, 2.05) is 0 Å². The van der Waals surface area contributed by atoms with Gasteiger partial charge in [0.25, 0.3) is 0 Å². The SMILES string of the molecule is CC(C)OC(=O)NS(=O)(=O)N[C@H](CC(=O)O)C(=O)O. The van der Waals surface area contributed by atoms with Crippen LogP contribution in [0, 0.1) is 0 Å². The molecular formula is C8H14N2O8S. The fourth-order valence-electron chi connectivity index (χ4n) is 0.919. The number of carboxylic acids is 2. The number of aliphatic carboxylic acids is 2. The van der Waals surface area contributed by atoms with Crippen LogP contribution in [0.2, 0.25) is 0 Å². The van der Waals surface area contributed by atoms with Crippen LogP contribution in [0.5, 0.6) is 0 Å². The molecule has 0 aliphatic rings. The van der Waals surface area contributed by atoms with Gasteiger partial charge in [-0.3, -0.25) is 9.59 Å². The topological polar surface area (TPSA) is 159 Å². The van der Waals surface area contributed by atoms with Gasteiger partial charge < -0.3 is 14.9 Å². The lowest BCUT2D eigenvalue weighted by Gasteiger charge is -2.14. The normalized spacial score (nSPS) is 12.8. The van der Waals surface area contributed by atoms with Crippen molar-refractivity contribution in [3.8, 4) is 0 Å². The van der Waals surface area contributed by atoms with Gasteiger partial charge in [-0.2, -0.15) is 13.1 Å². The summed E-state index contributed by atoms with van der Waals surface area (Å²) in [4.78, 5) is 32.0. The first-order valence-electron chi connectivity index (χ1n) is 4.98. The number of amides is 1. The number of hydrogen-bond acceptors (Lipinski definition) is 6. The van der Waals surface area contributed by atoms with Crippen LogP contribution < -0.4 is 9.44 Å². The van der Waals surface area contributed by atoms with Crippen LogP contribution >= 0.6 is 0 Å². The summed E-state index contributed by atoms with van der Waals surface area (Å²) in [5, 5.41) is 17.1. The fourth-order valence-corrected chi connectivity index (χ4v) is 1.80. The average Bonchev–Trinajstić information content (AvgIpc) is 2.11. The zero-order valence-electron chi connectivity index (χ0n) is 10.1. The van der Waals surface area contributed by atoms with E-state index >= 15 is 0 Å². The average molecular weight is 298 g/mol. The Morgan fingerprint density at radius 1 is 1.21 bits per heavy atom. The molecule has 0 aliphatic carbocycles. The van der Waals surface area contributed by atoms with E-state index in [1.165, 1.54) is 23.3 Å².